The van der Waals surface area contributed by atoms with Gasteiger partial charge < -0.3 is 0 Å². The molecule has 0 spiro atoms. The molecule has 2 aliphatic rings. The Morgan fingerprint density at radius 2 is 2.08 bits per heavy atom. The lowest BCUT2D eigenvalue weighted by atomic mass is 9.93. The van der Waals surface area contributed by atoms with E-state index in [0.29, 0.717) is 12.8 Å². The van der Waals surface area contributed by atoms with Gasteiger partial charge >= 0.3 is 6.18 Å². The van der Waals surface area contributed by atoms with Gasteiger partial charge in [0.05, 0.1) is 0 Å². The molecule has 0 amide bonds. The SMILES string of the molecule is NNC1(C(F)(F)F)CC[C@@H]2C[C@@H]21. The van der Waals surface area contributed by atoms with Crippen LogP contribution in [0.1, 0.15) is 19.3 Å². The average molecular weight is 180 g/mol. The number of hydrazine groups is 1. The van der Waals surface area contributed by atoms with E-state index < -0.39 is 11.7 Å². The lowest BCUT2D eigenvalue weighted by molar-refractivity contribution is -0.201. The first-order valence-corrected chi connectivity index (χ1v) is 4.06. The summed E-state index contributed by atoms with van der Waals surface area (Å²) in [4.78, 5) is 0. The molecule has 2 saturated carbocycles. The number of fused-ring (bicyclic) bond motifs is 1. The van der Waals surface area contributed by atoms with E-state index in [-0.39, 0.29) is 18.3 Å². The molecule has 0 radical (unpaired) electrons. The molecule has 0 aliphatic heterocycles. The quantitative estimate of drug-likeness (QED) is 0.469. The van der Waals surface area contributed by atoms with Gasteiger partial charge in [-0.2, -0.15) is 13.2 Å². The van der Waals surface area contributed by atoms with Crippen molar-refractivity contribution in [2.45, 2.75) is 31.0 Å². The first-order valence-electron chi connectivity index (χ1n) is 4.06. The van der Waals surface area contributed by atoms with Crippen LogP contribution in [0.2, 0.25) is 0 Å². The van der Waals surface area contributed by atoms with Gasteiger partial charge in [-0.05, 0) is 31.1 Å². The number of nitrogens with two attached hydrogens (primary N) is 1. The van der Waals surface area contributed by atoms with E-state index in [2.05, 4.69) is 0 Å². The van der Waals surface area contributed by atoms with E-state index >= 15 is 0 Å². The van der Waals surface area contributed by atoms with Gasteiger partial charge in [-0.1, -0.05) is 0 Å². The number of halogens is 3. The van der Waals surface area contributed by atoms with E-state index in [1.807, 2.05) is 5.43 Å². The minimum absolute atomic E-state index is 0.141. The standard InChI is InChI=1S/C7H11F3N2/c8-7(9,10)6(12-11)2-1-4-3-5(4)6/h4-5,12H,1-3,11H2/t4-,5+,6?/m1/s1. The molecule has 0 aromatic carbocycles. The van der Waals surface area contributed by atoms with Crippen LogP contribution in [0.25, 0.3) is 0 Å². The summed E-state index contributed by atoms with van der Waals surface area (Å²) >= 11 is 0. The minimum Gasteiger partial charge on any atom is -0.271 e. The van der Waals surface area contributed by atoms with Crippen LogP contribution in [0.5, 0.6) is 0 Å². The molecule has 70 valence electrons. The molecular weight excluding hydrogens is 169 g/mol. The van der Waals surface area contributed by atoms with Crippen molar-refractivity contribution in [1.82, 2.24) is 5.43 Å². The number of alkyl halides is 3. The van der Waals surface area contributed by atoms with Crippen molar-refractivity contribution in [1.29, 1.82) is 0 Å². The summed E-state index contributed by atoms with van der Waals surface area (Å²) in [5.41, 5.74) is 0.218. The van der Waals surface area contributed by atoms with Gasteiger partial charge in [0.1, 0.15) is 5.54 Å². The molecule has 2 fully saturated rings. The Morgan fingerprint density at radius 1 is 1.42 bits per heavy atom. The van der Waals surface area contributed by atoms with Crippen LogP contribution in [-0.2, 0) is 0 Å². The molecule has 3 N–H and O–H groups in total. The minimum atomic E-state index is -4.20. The summed E-state index contributed by atoms with van der Waals surface area (Å²) in [5.74, 6) is 5.01. The summed E-state index contributed by atoms with van der Waals surface area (Å²) < 4.78 is 37.7. The van der Waals surface area contributed by atoms with Gasteiger partial charge in [-0.3, -0.25) is 5.84 Å². The van der Waals surface area contributed by atoms with E-state index in [1.165, 1.54) is 0 Å². The Balaban J connectivity index is 2.25. The number of nitrogens with one attached hydrogen (secondary N) is 1. The molecule has 12 heavy (non-hydrogen) atoms. The van der Waals surface area contributed by atoms with Crippen molar-refractivity contribution < 1.29 is 13.2 Å². The van der Waals surface area contributed by atoms with Crippen LogP contribution in [0.3, 0.4) is 0 Å². The van der Waals surface area contributed by atoms with Crippen molar-refractivity contribution in [3.8, 4) is 0 Å². The molecule has 2 rings (SSSR count). The molecule has 0 aromatic heterocycles. The molecule has 3 atom stereocenters. The molecule has 0 saturated heterocycles. The van der Waals surface area contributed by atoms with Crippen LogP contribution < -0.4 is 11.3 Å². The molecule has 5 heteroatoms. The predicted octanol–water partition coefficient (Wildman–Crippen LogP) is 1.18. The zero-order valence-corrected chi connectivity index (χ0v) is 6.49. The van der Waals surface area contributed by atoms with Gasteiger partial charge in [0.2, 0.25) is 0 Å². The summed E-state index contributed by atoms with van der Waals surface area (Å²) in [7, 11) is 0. The van der Waals surface area contributed by atoms with Crippen LogP contribution in [0, 0.1) is 11.8 Å². The third-order valence-electron chi connectivity index (χ3n) is 3.23. The Kier molecular flexibility index (Phi) is 1.48. The maximum atomic E-state index is 12.6. The largest absolute Gasteiger partial charge is 0.408 e. The normalized spacial score (nSPS) is 46.0. The highest BCUT2D eigenvalue weighted by atomic mass is 19.4. The third-order valence-corrected chi connectivity index (χ3v) is 3.23. The fourth-order valence-corrected chi connectivity index (χ4v) is 2.38. The smallest absolute Gasteiger partial charge is 0.271 e. The van der Waals surface area contributed by atoms with Crippen molar-refractivity contribution >= 4 is 0 Å². The van der Waals surface area contributed by atoms with E-state index in [1.54, 1.807) is 0 Å². The second-order valence-corrected chi connectivity index (χ2v) is 3.75. The van der Waals surface area contributed by atoms with Gasteiger partial charge in [0, 0.05) is 0 Å². The second kappa shape index (κ2) is 2.14. The molecule has 2 aliphatic carbocycles. The first-order chi connectivity index (χ1) is 5.51. The van der Waals surface area contributed by atoms with Crippen LogP contribution in [0.4, 0.5) is 13.2 Å². The molecule has 0 heterocycles. The van der Waals surface area contributed by atoms with Crippen molar-refractivity contribution in [2.24, 2.45) is 17.7 Å². The van der Waals surface area contributed by atoms with Crippen LogP contribution in [0.15, 0.2) is 0 Å². The molecular formula is C7H11F3N2. The topological polar surface area (TPSA) is 38.0 Å². The number of hydrogen-bond acceptors (Lipinski definition) is 2. The maximum Gasteiger partial charge on any atom is 0.408 e. The zero-order valence-electron chi connectivity index (χ0n) is 6.49. The zero-order chi connectivity index (χ0) is 8.98. The Labute approximate surface area is 68.3 Å². The molecule has 2 nitrogen and oxygen atoms in total. The summed E-state index contributed by atoms with van der Waals surface area (Å²) in [6.07, 6.45) is -2.71. The second-order valence-electron chi connectivity index (χ2n) is 3.75. The van der Waals surface area contributed by atoms with Crippen molar-refractivity contribution in [2.75, 3.05) is 0 Å². The highest BCUT2D eigenvalue weighted by Crippen LogP contribution is 2.61. The van der Waals surface area contributed by atoms with Gasteiger partial charge in [-0.15, -0.1) is 0 Å². The van der Waals surface area contributed by atoms with Crippen molar-refractivity contribution in [3.05, 3.63) is 0 Å². The fourth-order valence-electron chi connectivity index (χ4n) is 2.38. The predicted molar refractivity (Wildman–Crippen MR) is 36.9 cm³/mol. The van der Waals surface area contributed by atoms with Crippen molar-refractivity contribution in [3.63, 3.8) is 0 Å². The number of hydrogen-bond donors (Lipinski definition) is 2. The Morgan fingerprint density at radius 3 is 2.25 bits per heavy atom. The molecule has 0 bridgehead atoms. The lowest BCUT2D eigenvalue weighted by Crippen LogP contribution is -2.60. The highest BCUT2D eigenvalue weighted by Gasteiger charge is 2.69. The fraction of sp³-hybridized carbons (Fsp3) is 1.00. The first kappa shape index (κ1) is 8.31. The Bertz CT molecular complexity index is 203. The van der Waals surface area contributed by atoms with E-state index in [9.17, 15) is 13.2 Å². The van der Waals surface area contributed by atoms with E-state index in [0.717, 1.165) is 0 Å². The monoisotopic (exact) mass is 180 g/mol. The third kappa shape index (κ3) is 0.835. The van der Waals surface area contributed by atoms with Gasteiger partial charge in [0.15, 0.2) is 0 Å². The molecule has 1 unspecified atom stereocenters. The van der Waals surface area contributed by atoms with Gasteiger partial charge in [0.25, 0.3) is 0 Å². The highest BCUT2D eigenvalue weighted by molar-refractivity contribution is 5.14. The van der Waals surface area contributed by atoms with E-state index in [4.69, 9.17) is 5.84 Å². The maximum absolute atomic E-state index is 12.6. The molecule has 0 aromatic rings. The average Bonchev–Trinajstić information content (AvgIpc) is 2.63. The summed E-state index contributed by atoms with van der Waals surface area (Å²) in [6.45, 7) is 0. The Hall–Kier alpha value is -0.290. The lowest BCUT2D eigenvalue weighted by Gasteiger charge is -2.32. The summed E-state index contributed by atoms with van der Waals surface area (Å²) in [6, 6.07) is 0. The van der Waals surface area contributed by atoms with Crippen LogP contribution >= 0.6 is 0 Å². The van der Waals surface area contributed by atoms with Crippen LogP contribution in [-0.4, -0.2) is 11.7 Å². The van der Waals surface area contributed by atoms with Gasteiger partial charge in [-0.25, -0.2) is 5.43 Å². The summed E-state index contributed by atoms with van der Waals surface area (Å²) in [5, 5.41) is 0. The number of rotatable bonds is 1.